The Morgan fingerprint density at radius 3 is 2.29 bits per heavy atom. The van der Waals surface area contributed by atoms with Crippen LogP contribution in [0.3, 0.4) is 0 Å². The molecule has 1 saturated heterocycles. The van der Waals surface area contributed by atoms with E-state index in [9.17, 15) is 5.11 Å². The molecule has 1 N–H and O–H groups in total. The molecule has 2 heteroatoms. The van der Waals surface area contributed by atoms with E-state index in [0.717, 1.165) is 13.0 Å². The molecular weight excluding hydrogens is 212 g/mol. The van der Waals surface area contributed by atoms with E-state index in [1.54, 1.807) is 0 Å². The van der Waals surface area contributed by atoms with Crippen LogP contribution in [-0.2, 0) is 4.74 Å². The molecule has 0 amide bonds. The SMILES string of the molecule is CCC1CCCC(C)(C)C1O.CCCC1CO1. The van der Waals surface area contributed by atoms with Gasteiger partial charge < -0.3 is 9.84 Å². The van der Waals surface area contributed by atoms with Gasteiger partial charge >= 0.3 is 0 Å². The lowest BCUT2D eigenvalue weighted by atomic mass is 9.69. The molecule has 3 unspecified atom stereocenters. The molecule has 1 saturated carbocycles. The molecule has 17 heavy (non-hydrogen) atoms. The van der Waals surface area contributed by atoms with Crippen LogP contribution in [-0.4, -0.2) is 23.9 Å². The Balaban J connectivity index is 0.000000202. The molecule has 0 bridgehead atoms. The van der Waals surface area contributed by atoms with Gasteiger partial charge in [-0.2, -0.15) is 0 Å². The zero-order valence-corrected chi connectivity index (χ0v) is 12.0. The molecule has 2 fully saturated rings. The van der Waals surface area contributed by atoms with Gasteiger partial charge in [0.25, 0.3) is 0 Å². The van der Waals surface area contributed by atoms with Crippen LogP contribution >= 0.6 is 0 Å². The highest BCUT2D eigenvalue weighted by molar-refractivity contribution is 4.87. The van der Waals surface area contributed by atoms with Gasteiger partial charge in [-0.05, 0) is 30.6 Å². The van der Waals surface area contributed by atoms with Gasteiger partial charge in [-0.1, -0.05) is 47.0 Å². The zero-order chi connectivity index (χ0) is 12.9. The molecule has 2 aliphatic rings. The summed E-state index contributed by atoms with van der Waals surface area (Å²) in [4.78, 5) is 0. The molecule has 0 aromatic rings. The lowest BCUT2D eigenvalue weighted by Gasteiger charge is -2.40. The van der Waals surface area contributed by atoms with Gasteiger partial charge in [-0.3, -0.25) is 0 Å². The highest BCUT2D eigenvalue weighted by Crippen LogP contribution is 2.39. The van der Waals surface area contributed by atoms with Crippen molar-refractivity contribution in [3.63, 3.8) is 0 Å². The van der Waals surface area contributed by atoms with E-state index >= 15 is 0 Å². The summed E-state index contributed by atoms with van der Waals surface area (Å²) < 4.78 is 4.95. The molecule has 1 aliphatic heterocycles. The monoisotopic (exact) mass is 242 g/mol. The maximum Gasteiger partial charge on any atom is 0.0809 e. The molecule has 3 atom stereocenters. The van der Waals surface area contributed by atoms with Crippen LogP contribution in [0.4, 0.5) is 0 Å². The van der Waals surface area contributed by atoms with Gasteiger partial charge in [0.15, 0.2) is 0 Å². The quantitative estimate of drug-likeness (QED) is 0.764. The van der Waals surface area contributed by atoms with E-state index in [0.29, 0.717) is 12.0 Å². The number of aliphatic hydroxyl groups is 1. The fraction of sp³-hybridized carbons (Fsp3) is 1.00. The van der Waals surface area contributed by atoms with Crippen molar-refractivity contribution in [3.8, 4) is 0 Å². The number of ether oxygens (including phenoxy) is 1. The smallest absolute Gasteiger partial charge is 0.0809 e. The predicted octanol–water partition coefficient (Wildman–Crippen LogP) is 3.77. The molecule has 0 aromatic heterocycles. The van der Waals surface area contributed by atoms with Crippen molar-refractivity contribution < 1.29 is 9.84 Å². The molecular formula is C15H30O2. The van der Waals surface area contributed by atoms with Crippen molar-refractivity contribution in [2.24, 2.45) is 11.3 Å². The Hall–Kier alpha value is -0.0800. The second-order valence-corrected chi connectivity index (χ2v) is 6.24. The topological polar surface area (TPSA) is 32.8 Å². The van der Waals surface area contributed by atoms with E-state index in [1.807, 2.05) is 0 Å². The average molecular weight is 242 g/mol. The fourth-order valence-corrected chi connectivity index (χ4v) is 2.75. The lowest BCUT2D eigenvalue weighted by Crippen LogP contribution is -2.39. The molecule has 2 rings (SSSR count). The molecule has 0 aromatic carbocycles. The Labute approximate surface area is 107 Å². The summed E-state index contributed by atoms with van der Waals surface area (Å²) in [5, 5.41) is 9.90. The maximum absolute atomic E-state index is 9.90. The molecule has 0 spiro atoms. The van der Waals surface area contributed by atoms with Crippen LogP contribution in [0.5, 0.6) is 0 Å². The Morgan fingerprint density at radius 1 is 1.29 bits per heavy atom. The van der Waals surface area contributed by atoms with Crippen molar-refractivity contribution in [2.45, 2.75) is 78.4 Å². The van der Waals surface area contributed by atoms with Crippen LogP contribution in [0.15, 0.2) is 0 Å². The molecule has 1 aliphatic carbocycles. The van der Waals surface area contributed by atoms with Crippen molar-refractivity contribution in [3.05, 3.63) is 0 Å². The predicted molar refractivity (Wildman–Crippen MR) is 72.1 cm³/mol. The number of epoxide rings is 1. The summed E-state index contributed by atoms with van der Waals surface area (Å²) >= 11 is 0. The number of rotatable bonds is 3. The molecule has 1 heterocycles. The molecule has 0 radical (unpaired) electrons. The van der Waals surface area contributed by atoms with Crippen LogP contribution < -0.4 is 0 Å². The summed E-state index contributed by atoms with van der Waals surface area (Å²) in [7, 11) is 0. The van der Waals surface area contributed by atoms with E-state index in [4.69, 9.17) is 4.74 Å². The first kappa shape index (κ1) is 15.0. The summed E-state index contributed by atoms with van der Waals surface area (Å²) in [5.41, 5.74) is 0.166. The first-order valence-electron chi connectivity index (χ1n) is 7.31. The van der Waals surface area contributed by atoms with Crippen molar-refractivity contribution in [1.29, 1.82) is 0 Å². The second kappa shape index (κ2) is 6.75. The van der Waals surface area contributed by atoms with Gasteiger partial charge in [0.05, 0.1) is 18.8 Å². The van der Waals surface area contributed by atoms with Gasteiger partial charge in [0.2, 0.25) is 0 Å². The molecule has 102 valence electrons. The van der Waals surface area contributed by atoms with Crippen molar-refractivity contribution >= 4 is 0 Å². The Kier molecular flexibility index (Phi) is 5.94. The first-order chi connectivity index (χ1) is 8.01. The van der Waals surface area contributed by atoms with Gasteiger partial charge in [-0.25, -0.2) is 0 Å². The van der Waals surface area contributed by atoms with Gasteiger partial charge in [0.1, 0.15) is 0 Å². The van der Waals surface area contributed by atoms with E-state index in [2.05, 4.69) is 27.7 Å². The third-order valence-electron chi connectivity index (χ3n) is 4.18. The minimum absolute atomic E-state index is 0.0683. The lowest BCUT2D eigenvalue weighted by molar-refractivity contribution is -0.0332. The van der Waals surface area contributed by atoms with Gasteiger partial charge in [0, 0.05) is 0 Å². The van der Waals surface area contributed by atoms with Crippen LogP contribution in [0.25, 0.3) is 0 Å². The summed E-state index contributed by atoms with van der Waals surface area (Å²) in [5.74, 6) is 0.554. The first-order valence-corrected chi connectivity index (χ1v) is 7.31. The van der Waals surface area contributed by atoms with Gasteiger partial charge in [-0.15, -0.1) is 0 Å². The summed E-state index contributed by atoms with van der Waals surface area (Å²) in [6.07, 6.45) is 7.94. The largest absolute Gasteiger partial charge is 0.392 e. The highest BCUT2D eigenvalue weighted by atomic mass is 16.6. The number of hydrogen-bond acceptors (Lipinski definition) is 2. The van der Waals surface area contributed by atoms with Crippen LogP contribution in [0, 0.1) is 11.3 Å². The summed E-state index contributed by atoms with van der Waals surface area (Å²) in [6, 6.07) is 0. The number of hydrogen-bond donors (Lipinski definition) is 1. The standard InChI is InChI=1S/C10H20O.C5H10O/c1-4-8-6-5-7-10(2,3)9(8)11;1-2-3-5-4-6-5/h8-9,11H,4-7H2,1-3H3;5H,2-4H2,1H3. The van der Waals surface area contributed by atoms with E-state index in [-0.39, 0.29) is 11.5 Å². The Bertz CT molecular complexity index is 209. The van der Waals surface area contributed by atoms with Crippen LogP contribution in [0.2, 0.25) is 0 Å². The van der Waals surface area contributed by atoms with Crippen LogP contribution in [0.1, 0.15) is 66.2 Å². The normalized spacial score (nSPS) is 34.8. The van der Waals surface area contributed by atoms with Crippen molar-refractivity contribution in [2.75, 3.05) is 6.61 Å². The fourth-order valence-electron chi connectivity index (χ4n) is 2.75. The average Bonchev–Trinajstić information content (AvgIpc) is 3.08. The maximum atomic E-state index is 9.90. The van der Waals surface area contributed by atoms with E-state index in [1.165, 1.54) is 32.1 Å². The second-order valence-electron chi connectivity index (χ2n) is 6.24. The summed E-state index contributed by atoms with van der Waals surface area (Å²) in [6.45, 7) is 9.74. The third kappa shape index (κ3) is 4.97. The number of aliphatic hydroxyl groups excluding tert-OH is 1. The van der Waals surface area contributed by atoms with Crippen molar-refractivity contribution in [1.82, 2.24) is 0 Å². The zero-order valence-electron chi connectivity index (χ0n) is 12.0. The Morgan fingerprint density at radius 2 is 1.94 bits per heavy atom. The highest BCUT2D eigenvalue weighted by Gasteiger charge is 2.36. The third-order valence-corrected chi connectivity index (χ3v) is 4.18. The minimum atomic E-state index is -0.0683. The van der Waals surface area contributed by atoms with E-state index < -0.39 is 0 Å². The minimum Gasteiger partial charge on any atom is -0.392 e. The molecule has 2 nitrogen and oxygen atoms in total.